The van der Waals surface area contributed by atoms with Crippen molar-refractivity contribution < 1.29 is 48.0 Å². The van der Waals surface area contributed by atoms with Crippen molar-refractivity contribution in [2.75, 3.05) is 112 Å². The molecule has 2 heterocycles. The predicted octanol–water partition coefficient (Wildman–Crippen LogP) is 0.731. The van der Waals surface area contributed by atoms with Gasteiger partial charge in [0.05, 0.1) is 38.5 Å². The third kappa shape index (κ3) is 16.2. The van der Waals surface area contributed by atoms with Gasteiger partial charge < -0.3 is 53.2 Å². The van der Waals surface area contributed by atoms with Crippen LogP contribution < -0.4 is 32.7 Å². The number of anilines is 8. The molecule has 0 radical (unpaired) electrons. The van der Waals surface area contributed by atoms with Crippen LogP contribution in [0, 0.1) is 0 Å². The lowest BCUT2D eigenvalue weighted by molar-refractivity contribution is -0.432. The Balaban J connectivity index is 1.46. The van der Waals surface area contributed by atoms with Crippen molar-refractivity contribution in [3.63, 3.8) is 0 Å². The van der Waals surface area contributed by atoms with Crippen molar-refractivity contribution >= 4 is 81.4 Å². The van der Waals surface area contributed by atoms with Crippen molar-refractivity contribution in [2.45, 2.75) is 22.6 Å². The number of hydrogen-bond donors (Lipinski definition) is 12. The van der Waals surface area contributed by atoms with Crippen LogP contribution in [0.4, 0.5) is 47.1 Å². The zero-order chi connectivity index (χ0) is 43.3. The minimum absolute atomic E-state index is 0.00208. The highest BCUT2D eigenvalue weighted by Gasteiger charge is 2.17. The third-order valence-electron chi connectivity index (χ3n) is 8.25. The van der Waals surface area contributed by atoms with Gasteiger partial charge in [-0.1, -0.05) is 29.3 Å². The summed E-state index contributed by atoms with van der Waals surface area (Å²) in [6, 6.07) is 9.10. The quantitative estimate of drug-likeness (QED) is 0.00934. The van der Waals surface area contributed by atoms with Crippen molar-refractivity contribution in [3.05, 3.63) is 47.5 Å². The maximum Gasteiger partial charge on any atom is 0.295 e. The van der Waals surface area contributed by atoms with Crippen molar-refractivity contribution in [2.24, 2.45) is 0 Å². The van der Waals surface area contributed by atoms with Gasteiger partial charge >= 0.3 is 0 Å². The number of hydrogen-bond acceptors (Lipinski definition) is 24. The predicted molar refractivity (Wildman–Crippen MR) is 225 cm³/mol. The average molecular weight is 879 g/mol. The second kappa shape index (κ2) is 24.9. The fourth-order valence-electron chi connectivity index (χ4n) is 5.58. The first-order valence-corrected chi connectivity index (χ1v) is 20.6. The zero-order valence-corrected chi connectivity index (χ0v) is 34.0. The molecule has 0 aliphatic rings. The van der Waals surface area contributed by atoms with E-state index in [4.69, 9.17) is 21.1 Å². The van der Waals surface area contributed by atoms with E-state index in [0.29, 0.717) is 93.4 Å². The van der Waals surface area contributed by atoms with Gasteiger partial charge in [-0.25, -0.2) is 5.26 Å². The van der Waals surface area contributed by atoms with Gasteiger partial charge in [-0.3, -0.25) is 14.4 Å². The lowest BCUT2D eigenvalue weighted by atomic mass is 10.1. The van der Waals surface area contributed by atoms with Gasteiger partial charge in [0.25, 0.3) is 10.1 Å². The number of nitrogen functional groups attached to an aromatic ring is 2. The lowest BCUT2D eigenvalue weighted by Gasteiger charge is -2.19. The monoisotopic (exact) mass is 878 g/mol. The first-order valence-electron chi connectivity index (χ1n) is 18.5. The minimum atomic E-state index is -4.75. The molecule has 0 fully saturated rings. The largest absolute Gasteiger partial charge is 0.395 e. The molecule has 4 rings (SSSR count). The SMILES string of the molecule is Nc1nc(NCCCN(CCO)CCO)nc(Nc2ccc(/C=C/c3ccc(Nc4nc(N)nc(NCCCN(CCO)CCO)n4)cc3S(=O)(=O)O)c(SOOO)c2)n1. The molecule has 60 heavy (non-hydrogen) atoms. The Morgan fingerprint density at radius 1 is 0.650 bits per heavy atom. The maximum atomic E-state index is 12.5. The molecule has 2 aromatic carbocycles. The summed E-state index contributed by atoms with van der Waals surface area (Å²) in [5.41, 5.74) is 13.1. The Morgan fingerprint density at radius 2 is 1.10 bits per heavy atom. The minimum Gasteiger partial charge on any atom is -0.395 e. The molecule has 24 nitrogen and oxygen atoms in total. The van der Waals surface area contributed by atoms with E-state index in [1.165, 1.54) is 24.3 Å². The van der Waals surface area contributed by atoms with Crippen molar-refractivity contribution in [1.82, 2.24) is 39.7 Å². The summed E-state index contributed by atoms with van der Waals surface area (Å²) in [6.07, 6.45) is 4.30. The van der Waals surface area contributed by atoms with Crippen LogP contribution in [0.5, 0.6) is 0 Å². The molecule has 0 bridgehead atoms. The van der Waals surface area contributed by atoms with Gasteiger partial charge in [-0.05, 0) is 61.3 Å². The molecule has 0 unspecified atom stereocenters. The highest BCUT2D eigenvalue weighted by atomic mass is 32.2. The summed E-state index contributed by atoms with van der Waals surface area (Å²) < 4.78 is 39.9. The molecule has 0 atom stereocenters. The summed E-state index contributed by atoms with van der Waals surface area (Å²) >= 11 is 0.641. The molecule has 14 N–H and O–H groups in total. The number of nitrogens with one attached hydrogen (secondary N) is 4. The summed E-state index contributed by atoms with van der Waals surface area (Å²) in [7, 11) is -4.75. The molecule has 4 aromatic rings. The lowest BCUT2D eigenvalue weighted by Crippen LogP contribution is -2.31. The van der Waals surface area contributed by atoms with E-state index in [-0.39, 0.29) is 73.4 Å². The van der Waals surface area contributed by atoms with Gasteiger partial charge in [-0.2, -0.15) is 38.3 Å². The second-order valence-corrected chi connectivity index (χ2v) is 14.7. The molecule has 0 saturated carbocycles. The fraction of sp³-hybridized carbons (Fsp3) is 0.412. The Bertz CT molecular complexity index is 2080. The molecule has 0 aliphatic heterocycles. The molecular formula is C34H50N14O10S2. The second-order valence-electron chi connectivity index (χ2n) is 12.6. The van der Waals surface area contributed by atoms with Crippen LogP contribution >= 0.6 is 12.0 Å². The zero-order valence-electron chi connectivity index (χ0n) is 32.4. The topological polar surface area (TPSA) is 358 Å². The summed E-state index contributed by atoms with van der Waals surface area (Å²) in [4.78, 5) is 28.8. The smallest absolute Gasteiger partial charge is 0.295 e. The molecule has 0 aliphatic carbocycles. The molecule has 2 aromatic heterocycles. The molecule has 0 spiro atoms. The van der Waals surface area contributed by atoms with Crippen molar-refractivity contribution in [1.29, 1.82) is 0 Å². The van der Waals surface area contributed by atoms with E-state index in [0.717, 1.165) is 0 Å². The fourth-order valence-corrected chi connectivity index (χ4v) is 6.80. The Hall–Kier alpha value is -5.10. The van der Waals surface area contributed by atoms with Crippen LogP contribution in [0.15, 0.2) is 46.2 Å². The number of nitrogens with zero attached hydrogens (tertiary/aromatic N) is 8. The molecule has 0 amide bonds. The van der Waals surface area contributed by atoms with E-state index in [1.807, 2.05) is 9.80 Å². The van der Waals surface area contributed by atoms with Crippen LogP contribution in [-0.2, 0) is 19.5 Å². The van der Waals surface area contributed by atoms with Gasteiger partial charge in [0.15, 0.2) is 0 Å². The van der Waals surface area contributed by atoms with Crippen LogP contribution in [-0.4, -0.2) is 157 Å². The molecule has 0 saturated heterocycles. The number of aliphatic hydroxyl groups excluding tert-OH is 4. The van der Waals surface area contributed by atoms with E-state index in [1.54, 1.807) is 24.3 Å². The van der Waals surface area contributed by atoms with Crippen LogP contribution in [0.25, 0.3) is 12.2 Å². The van der Waals surface area contributed by atoms with E-state index >= 15 is 0 Å². The average Bonchev–Trinajstić information content (AvgIpc) is 3.20. The summed E-state index contributed by atoms with van der Waals surface area (Å²) in [5, 5.41) is 61.5. The number of benzene rings is 2. The molecule has 26 heteroatoms. The number of aliphatic hydroxyl groups is 4. The summed E-state index contributed by atoms with van der Waals surface area (Å²) in [5.74, 6) is 0.324. The van der Waals surface area contributed by atoms with Crippen molar-refractivity contribution in [3.8, 4) is 0 Å². The Morgan fingerprint density at radius 3 is 1.57 bits per heavy atom. The molecular weight excluding hydrogens is 829 g/mol. The number of nitrogens with two attached hydrogens (primary N) is 2. The van der Waals surface area contributed by atoms with E-state index in [2.05, 4.69) is 56.2 Å². The molecule has 328 valence electrons. The first-order chi connectivity index (χ1) is 28.9. The highest BCUT2D eigenvalue weighted by molar-refractivity contribution is 7.94. The van der Waals surface area contributed by atoms with Crippen LogP contribution in [0.1, 0.15) is 24.0 Å². The maximum absolute atomic E-state index is 12.5. The Kier molecular flexibility index (Phi) is 19.7. The van der Waals surface area contributed by atoms with Gasteiger partial charge in [0.1, 0.15) is 4.90 Å². The van der Waals surface area contributed by atoms with E-state index < -0.39 is 15.0 Å². The Labute approximate surface area is 349 Å². The standard InChI is InChI=1S/C34H50N14O10S2/c35-29-41-31(37-9-1-11-47(13-17-49)14-18-50)45-33(43-29)39-25-7-5-23(27(21-25)59-58-57-53)3-4-24-6-8-26(22-28(24)60(54,55)56)40-34-44-30(36)42-32(46-34)38-10-2-12-48(15-19-51)16-20-52/h3-8,21-22,49-53H,1-2,9-20H2,(H,54,55,56)(H4,35,37,39,41,43,45)(H4,36,38,40,42,44,46)/b4-3+. The third-order valence-corrected chi connectivity index (χ3v) is 9.82. The number of aromatic nitrogens is 6. The van der Waals surface area contributed by atoms with Gasteiger partial charge in [-0.15, -0.1) is 4.33 Å². The number of rotatable bonds is 28. The van der Waals surface area contributed by atoms with Crippen LogP contribution in [0.2, 0.25) is 0 Å². The van der Waals surface area contributed by atoms with Gasteiger partial charge in [0, 0.05) is 55.5 Å². The highest BCUT2D eigenvalue weighted by Crippen LogP contribution is 2.31. The van der Waals surface area contributed by atoms with Gasteiger partial charge in [0.2, 0.25) is 35.7 Å². The van der Waals surface area contributed by atoms with E-state index in [9.17, 15) is 33.4 Å². The summed E-state index contributed by atoms with van der Waals surface area (Å²) in [6.45, 7) is 3.79. The normalized spacial score (nSPS) is 11.8. The first kappa shape index (κ1) is 47.6. The van der Waals surface area contributed by atoms with Crippen LogP contribution in [0.3, 0.4) is 0 Å².